The van der Waals surface area contributed by atoms with Gasteiger partial charge in [0.15, 0.2) is 0 Å². The minimum atomic E-state index is 0.151. The zero-order valence-electron chi connectivity index (χ0n) is 14.0. The number of likely N-dealkylation sites (N-methyl/N-ethyl adjacent to an activating group) is 1. The maximum Gasteiger partial charge on any atom is 0.223 e. The summed E-state index contributed by atoms with van der Waals surface area (Å²) in [4.78, 5) is 14.8. The Balaban J connectivity index is 1.88. The highest BCUT2D eigenvalue weighted by Gasteiger charge is 2.37. The largest absolute Gasteiger partial charge is 0.354 e. The lowest BCUT2D eigenvalue weighted by molar-refractivity contribution is -0.126. The van der Waals surface area contributed by atoms with Crippen LogP contribution in [0.4, 0.5) is 0 Å². The Hall–Kier alpha value is -0.610. The Morgan fingerprint density at radius 3 is 2.48 bits per heavy atom. The van der Waals surface area contributed by atoms with E-state index in [4.69, 9.17) is 5.73 Å². The van der Waals surface area contributed by atoms with Crippen molar-refractivity contribution < 1.29 is 4.79 Å². The molecule has 0 bridgehead atoms. The second kappa shape index (κ2) is 7.10. The number of hydrogen-bond donors (Lipinski definition) is 2. The number of nitrogens with zero attached hydrogens (tertiary/aromatic N) is 1. The van der Waals surface area contributed by atoms with E-state index < -0.39 is 0 Å². The van der Waals surface area contributed by atoms with E-state index in [0.29, 0.717) is 6.04 Å². The minimum Gasteiger partial charge on any atom is -0.354 e. The molecule has 0 aromatic rings. The lowest BCUT2D eigenvalue weighted by Crippen LogP contribution is -2.55. The van der Waals surface area contributed by atoms with E-state index in [-0.39, 0.29) is 17.4 Å². The summed E-state index contributed by atoms with van der Waals surface area (Å²) in [5, 5.41) is 3.26. The van der Waals surface area contributed by atoms with Crippen molar-refractivity contribution in [1.29, 1.82) is 0 Å². The van der Waals surface area contributed by atoms with E-state index in [1.54, 1.807) is 0 Å². The van der Waals surface area contributed by atoms with Crippen LogP contribution in [0.5, 0.6) is 0 Å². The predicted octanol–water partition coefficient (Wildman–Crippen LogP) is 2.13. The molecule has 0 aromatic carbocycles. The first-order valence-corrected chi connectivity index (χ1v) is 8.64. The molecule has 0 radical (unpaired) electrons. The molecule has 2 aliphatic carbocycles. The van der Waals surface area contributed by atoms with Crippen molar-refractivity contribution in [1.82, 2.24) is 10.2 Å². The zero-order valence-corrected chi connectivity index (χ0v) is 14.0. The van der Waals surface area contributed by atoms with Gasteiger partial charge in [-0.05, 0) is 58.5 Å². The Kier molecular flexibility index (Phi) is 5.67. The van der Waals surface area contributed by atoms with E-state index in [9.17, 15) is 4.79 Å². The fraction of sp³-hybridized carbons (Fsp3) is 0.941. The Bertz CT molecular complexity index is 350. The number of carbonyl (C=O) groups is 1. The highest BCUT2D eigenvalue weighted by Crippen LogP contribution is 2.35. The van der Waals surface area contributed by atoms with Gasteiger partial charge in [0.1, 0.15) is 0 Å². The molecule has 0 saturated heterocycles. The summed E-state index contributed by atoms with van der Waals surface area (Å²) in [6, 6.07) is 0.307. The number of amides is 1. The van der Waals surface area contributed by atoms with E-state index >= 15 is 0 Å². The van der Waals surface area contributed by atoms with Crippen molar-refractivity contribution in [3.05, 3.63) is 0 Å². The van der Waals surface area contributed by atoms with Crippen LogP contribution in [0.1, 0.15) is 58.3 Å². The van der Waals surface area contributed by atoms with Crippen LogP contribution in [0.2, 0.25) is 0 Å². The standard InChI is InChI=1S/C17H33N3O/c1-13-5-4-10-17(11-13,20(2)3)12-19-16(21)14-6-8-15(18)9-7-14/h13-15H,4-12,18H2,1-3H3,(H,19,21). The third kappa shape index (κ3) is 4.19. The van der Waals surface area contributed by atoms with Crippen LogP contribution in [0.15, 0.2) is 0 Å². The van der Waals surface area contributed by atoms with Crippen LogP contribution < -0.4 is 11.1 Å². The molecule has 0 spiro atoms. The average molecular weight is 295 g/mol. The predicted molar refractivity (Wildman–Crippen MR) is 87.0 cm³/mol. The van der Waals surface area contributed by atoms with Crippen molar-refractivity contribution >= 4 is 5.91 Å². The van der Waals surface area contributed by atoms with Crippen molar-refractivity contribution in [3.63, 3.8) is 0 Å². The van der Waals surface area contributed by atoms with Crippen LogP contribution in [0, 0.1) is 11.8 Å². The van der Waals surface area contributed by atoms with Crippen molar-refractivity contribution in [2.75, 3.05) is 20.6 Å². The summed E-state index contributed by atoms with van der Waals surface area (Å²) in [5.74, 6) is 1.19. The normalized spacial score (nSPS) is 37.5. The number of nitrogens with one attached hydrogen (secondary N) is 1. The first-order chi connectivity index (χ1) is 9.93. The maximum absolute atomic E-state index is 12.4. The number of carbonyl (C=O) groups excluding carboxylic acids is 1. The summed E-state index contributed by atoms with van der Waals surface area (Å²) in [6.07, 6.45) is 8.88. The van der Waals surface area contributed by atoms with Gasteiger partial charge in [-0.25, -0.2) is 0 Å². The second-order valence-electron chi connectivity index (χ2n) is 7.65. The topological polar surface area (TPSA) is 58.4 Å². The van der Waals surface area contributed by atoms with Gasteiger partial charge in [0.05, 0.1) is 0 Å². The van der Waals surface area contributed by atoms with E-state index in [1.807, 2.05) is 0 Å². The van der Waals surface area contributed by atoms with Gasteiger partial charge >= 0.3 is 0 Å². The summed E-state index contributed by atoms with van der Waals surface area (Å²) in [5.41, 5.74) is 6.08. The fourth-order valence-electron chi connectivity index (χ4n) is 4.13. The molecule has 2 unspecified atom stereocenters. The van der Waals surface area contributed by atoms with Gasteiger partial charge in [-0.2, -0.15) is 0 Å². The molecule has 2 aliphatic rings. The van der Waals surface area contributed by atoms with Gasteiger partial charge in [0.25, 0.3) is 0 Å². The van der Waals surface area contributed by atoms with Gasteiger partial charge in [-0.3, -0.25) is 4.79 Å². The fourth-order valence-corrected chi connectivity index (χ4v) is 4.13. The summed E-state index contributed by atoms with van der Waals surface area (Å²) in [6.45, 7) is 3.13. The quantitative estimate of drug-likeness (QED) is 0.835. The first-order valence-electron chi connectivity index (χ1n) is 8.64. The summed E-state index contributed by atoms with van der Waals surface area (Å²) < 4.78 is 0. The van der Waals surface area contributed by atoms with E-state index in [0.717, 1.165) is 38.1 Å². The molecule has 2 fully saturated rings. The van der Waals surface area contributed by atoms with Crippen molar-refractivity contribution in [3.8, 4) is 0 Å². The Labute approximate surface area is 129 Å². The van der Waals surface area contributed by atoms with Gasteiger partial charge in [0.2, 0.25) is 5.91 Å². The monoisotopic (exact) mass is 295 g/mol. The van der Waals surface area contributed by atoms with E-state index in [1.165, 1.54) is 25.7 Å². The Morgan fingerprint density at radius 2 is 1.90 bits per heavy atom. The molecule has 3 N–H and O–H groups in total. The van der Waals surface area contributed by atoms with Crippen molar-refractivity contribution in [2.45, 2.75) is 69.9 Å². The summed E-state index contributed by atoms with van der Waals surface area (Å²) in [7, 11) is 4.31. The van der Waals surface area contributed by atoms with Crippen molar-refractivity contribution in [2.24, 2.45) is 17.6 Å². The van der Waals surface area contributed by atoms with Crippen LogP contribution >= 0.6 is 0 Å². The zero-order chi connectivity index (χ0) is 15.5. The molecular weight excluding hydrogens is 262 g/mol. The molecule has 4 heteroatoms. The molecule has 122 valence electrons. The molecule has 0 heterocycles. The SMILES string of the molecule is CC1CCCC(CNC(=O)C2CCC(N)CC2)(N(C)C)C1. The molecule has 2 rings (SSSR count). The maximum atomic E-state index is 12.4. The molecule has 1 amide bonds. The molecule has 0 aliphatic heterocycles. The lowest BCUT2D eigenvalue weighted by atomic mass is 9.75. The second-order valence-corrected chi connectivity index (χ2v) is 7.65. The smallest absolute Gasteiger partial charge is 0.223 e. The van der Waals surface area contributed by atoms with Gasteiger partial charge < -0.3 is 16.0 Å². The molecule has 0 aromatic heterocycles. The third-order valence-electron chi connectivity index (χ3n) is 5.75. The number of rotatable bonds is 4. The third-order valence-corrected chi connectivity index (χ3v) is 5.75. The molecule has 2 atom stereocenters. The Morgan fingerprint density at radius 1 is 1.24 bits per heavy atom. The number of hydrogen-bond acceptors (Lipinski definition) is 3. The van der Waals surface area contributed by atoms with Crippen LogP contribution in [0.25, 0.3) is 0 Å². The number of nitrogens with two attached hydrogens (primary N) is 1. The highest BCUT2D eigenvalue weighted by molar-refractivity contribution is 5.78. The lowest BCUT2D eigenvalue weighted by Gasteiger charge is -2.45. The summed E-state index contributed by atoms with van der Waals surface area (Å²) >= 11 is 0. The van der Waals surface area contributed by atoms with Crippen LogP contribution in [-0.2, 0) is 4.79 Å². The molecule has 4 nitrogen and oxygen atoms in total. The van der Waals surface area contributed by atoms with E-state index in [2.05, 4.69) is 31.2 Å². The van der Waals surface area contributed by atoms with Crippen LogP contribution in [-0.4, -0.2) is 43.0 Å². The highest BCUT2D eigenvalue weighted by atomic mass is 16.1. The molecular formula is C17H33N3O. The van der Waals surface area contributed by atoms with Crippen LogP contribution in [0.3, 0.4) is 0 Å². The molecule has 2 saturated carbocycles. The average Bonchev–Trinajstić information content (AvgIpc) is 2.45. The van der Waals surface area contributed by atoms with Gasteiger partial charge in [-0.1, -0.05) is 19.8 Å². The molecule has 21 heavy (non-hydrogen) atoms. The first kappa shape index (κ1) is 16.8. The van der Waals surface area contributed by atoms with Gasteiger partial charge in [0, 0.05) is 24.0 Å². The van der Waals surface area contributed by atoms with Gasteiger partial charge in [-0.15, -0.1) is 0 Å². The minimum absolute atomic E-state index is 0.151.